The third-order valence-electron chi connectivity index (χ3n) is 9.07. The molecule has 2 aromatic carbocycles. The van der Waals surface area contributed by atoms with Crippen LogP contribution in [0.1, 0.15) is 127 Å². The molecular formula is C33H47N3O2. The summed E-state index contributed by atoms with van der Waals surface area (Å²) < 4.78 is 0. The monoisotopic (exact) mass is 517 g/mol. The summed E-state index contributed by atoms with van der Waals surface area (Å²) in [5.74, 6) is -0.110. The van der Waals surface area contributed by atoms with Crippen LogP contribution >= 0.6 is 0 Å². The lowest BCUT2D eigenvalue weighted by molar-refractivity contribution is 0.102. The molecule has 0 unspecified atom stereocenters. The zero-order valence-corrected chi connectivity index (χ0v) is 24.9. The number of fused-ring (bicyclic) bond motifs is 2. The van der Waals surface area contributed by atoms with E-state index in [1.807, 2.05) is 6.92 Å². The van der Waals surface area contributed by atoms with Gasteiger partial charge in [0.1, 0.15) is 0 Å². The number of hydrogen-bond acceptors (Lipinski definition) is 2. The lowest BCUT2D eigenvalue weighted by atomic mass is 9.56. The summed E-state index contributed by atoms with van der Waals surface area (Å²) in [5.41, 5.74) is 7.64. The van der Waals surface area contributed by atoms with E-state index in [4.69, 9.17) is 0 Å². The number of hydrogen-bond donors (Lipinski definition) is 3. The first kappa shape index (κ1) is 28.2. The molecule has 0 heterocycles. The number of urea groups is 1. The first-order valence-corrected chi connectivity index (χ1v) is 14.3. The molecule has 3 N–H and O–H groups in total. The number of amides is 3. The summed E-state index contributed by atoms with van der Waals surface area (Å²) in [6.45, 7) is 21.3. The first-order valence-electron chi connectivity index (χ1n) is 14.3. The van der Waals surface area contributed by atoms with Crippen LogP contribution in [0.3, 0.4) is 0 Å². The molecule has 0 spiro atoms. The van der Waals surface area contributed by atoms with Crippen LogP contribution in [0, 0.1) is 0 Å². The molecule has 206 valence electrons. The molecule has 0 bridgehead atoms. The quantitative estimate of drug-likeness (QED) is 0.374. The topological polar surface area (TPSA) is 70.2 Å². The highest BCUT2D eigenvalue weighted by Crippen LogP contribution is 2.56. The van der Waals surface area contributed by atoms with Gasteiger partial charge in [0.05, 0.1) is 0 Å². The maximum atomic E-state index is 13.8. The molecular weight excluding hydrogens is 470 g/mol. The average molecular weight is 518 g/mol. The fourth-order valence-corrected chi connectivity index (χ4v) is 6.36. The molecule has 0 fully saturated rings. The number of carbonyl (C=O) groups is 2. The van der Waals surface area contributed by atoms with Crippen molar-refractivity contribution in [3.05, 3.63) is 58.1 Å². The number of nitrogens with one attached hydrogen (secondary N) is 3. The molecule has 0 radical (unpaired) electrons. The summed E-state index contributed by atoms with van der Waals surface area (Å²) in [4.78, 5) is 25.8. The van der Waals surface area contributed by atoms with Gasteiger partial charge in [0, 0.05) is 23.5 Å². The Morgan fingerprint density at radius 3 is 1.66 bits per heavy atom. The Morgan fingerprint density at radius 2 is 1.18 bits per heavy atom. The van der Waals surface area contributed by atoms with Crippen molar-refractivity contribution in [2.45, 2.75) is 116 Å². The van der Waals surface area contributed by atoms with Gasteiger partial charge in [-0.25, -0.2) is 4.79 Å². The molecule has 5 heteroatoms. The Balaban J connectivity index is 1.79. The maximum Gasteiger partial charge on any atom is 0.319 e. The second kappa shape index (κ2) is 9.73. The number of carbonyl (C=O) groups excluding carboxylic acids is 2. The van der Waals surface area contributed by atoms with Gasteiger partial charge >= 0.3 is 6.03 Å². The van der Waals surface area contributed by atoms with Crippen molar-refractivity contribution in [2.24, 2.45) is 0 Å². The van der Waals surface area contributed by atoms with Gasteiger partial charge in [-0.15, -0.1) is 0 Å². The van der Waals surface area contributed by atoms with Crippen molar-refractivity contribution in [1.29, 1.82) is 0 Å². The van der Waals surface area contributed by atoms with Crippen molar-refractivity contribution >= 4 is 23.3 Å². The summed E-state index contributed by atoms with van der Waals surface area (Å²) in [5, 5.41) is 9.09. The standard InChI is InChI=1S/C33H47N3O2/c1-10-19-34-29(38)35-22-13-11-21(12-14-22)28(37)36-27-25-23(30(2,3)15-17-32(25,6)7)20-24-26(27)33(8,9)18-16-31(24,4)5/h11-14,20H,10,15-19H2,1-9H3,(H,36,37)(H2,34,35,38). The van der Waals surface area contributed by atoms with E-state index < -0.39 is 0 Å². The van der Waals surface area contributed by atoms with E-state index in [-0.39, 0.29) is 33.6 Å². The molecule has 3 amide bonds. The van der Waals surface area contributed by atoms with Gasteiger partial charge in [0.25, 0.3) is 5.91 Å². The second-order valence-electron chi connectivity index (χ2n) is 14.0. The van der Waals surface area contributed by atoms with Gasteiger partial charge in [0.15, 0.2) is 0 Å². The fourth-order valence-electron chi connectivity index (χ4n) is 6.36. The summed E-state index contributed by atoms with van der Waals surface area (Å²) in [7, 11) is 0. The Kier molecular flexibility index (Phi) is 7.22. The number of anilines is 2. The van der Waals surface area contributed by atoms with Crippen molar-refractivity contribution < 1.29 is 9.59 Å². The Bertz CT molecular complexity index is 1180. The Labute approximate surface area is 229 Å². The van der Waals surface area contributed by atoms with Gasteiger partial charge in [-0.2, -0.15) is 0 Å². The van der Waals surface area contributed by atoms with Crippen LogP contribution < -0.4 is 16.0 Å². The minimum absolute atomic E-state index is 0.0419. The minimum Gasteiger partial charge on any atom is -0.338 e. The molecule has 38 heavy (non-hydrogen) atoms. The van der Waals surface area contributed by atoms with Crippen LogP contribution in [0.25, 0.3) is 0 Å². The lowest BCUT2D eigenvalue weighted by Crippen LogP contribution is -2.41. The highest BCUT2D eigenvalue weighted by molar-refractivity contribution is 6.06. The number of benzene rings is 2. The average Bonchev–Trinajstić information content (AvgIpc) is 2.83. The fraction of sp³-hybridized carbons (Fsp3) is 0.576. The predicted molar refractivity (Wildman–Crippen MR) is 159 cm³/mol. The smallest absolute Gasteiger partial charge is 0.319 e. The highest BCUT2D eigenvalue weighted by atomic mass is 16.2. The van der Waals surface area contributed by atoms with Crippen LogP contribution in [0.5, 0.6) is 0 Å². The van der Waals surface area contributed by atoms with Gasteiger partial charge in [-0.1, -0.05) is 68.4 Å². The van der Waals surface area contributed by atoms with E-state index in [9.17, 15) is 9.59 Å². The largest absolute Gasteiger partial charge is 0.338 e. The van der Waals surface area contributed by atoms with E-state index in [0.29, 0.717) is 17.8 Å². The third-order valence-corrected chi connectivity index (χ3v) is 9.07. The van der Waals surface area contributed by atoms with Crippen LogP contribution in [-0.4, -0.2) is 18.5 Å². The second-order valence-corrected chi connectivity index (χ2v) is 14.0. The summed E-state index contributed by atoms with van der Waals surface area (Å²) in [6, 6.07) is 9.41. The first-order chi connectivity index (χ1) is 17.6. The third kappa shape index (κ3) is 5.21. The molecule has 2 aliphatic rings. The Morgan fingerprint density at radius 1 is 0.711 bits per heavy atom. The Hall–Kier alpha value is -2.82. The van der Waals surface area contributed by atoms with E-state index >= 15 is 0 Å². The maximum absolute atomic E-state index is 13.8. The molecule has 0 saturated carbocycles. The van der Waals surface area contributed by atoms with E-state index in [1.54, 1.807) is 24.3 Å². The summed E-state index contributed by atoms with van der Waals surface area (Å²) >= 11 is 0. The summed E-state index contributed by atoms with van der Waals surface area (Å²) in [6.07, 6.45) is 5.30. The van der Waals surface area contributed by atoms with Crippen LogP contribution in [0.4, 0.5) is 16.2 Å². The lowest BCUT2D eigenvalue weighted by Gasteiger charge is -2.49. The van der Waals surface area contributed by atoms with E-state index in [1.165, 1.54) is 22.3 Å². The van der Waals surface area contributed by atoms with Crippen molar-refractivity contribution in [2.75, 3.05) is 17.2 Å². The van der Waals surface area contributed by atoms with Gasteiger partial charge < -0.3 is 16.0 Å². The SMILES string of the molecule is CCCNC(=O)Nc1ccc(C(=O)Nc2c3c(cc4c2C(C)(C)CCC4(C)C)C(C)(C)CCC3(C)C)cc1. The highest BCUT2D eigenvalue weighted by Gasteiger charge is 2.46. The molecule has 2 aliphatic carbocycles. The van der Waals surface area contributed by atoms with Crippen LogP contribution in [0.15, 0.2) is 30.3 Å². The van der Waals surface area contributed by atoms with Crippen LogP contribution in [-0.2, 0) is 21.7 Å². The molecule has 4 rings (SSSR count). The minimum atomic E-state index is -0.235. The molecule has 0 aliphatic heterocycles. The molecule has 2 aromatic rings. The molecule has 5 nitrogen and oxygen atoms in total. The molecule has 0 saturated heterocycles. The van der Waals surface area contributed by atoms with Gasteiger partial charge in [0.2, 0.25) is 0 Å². The normalized spacial score (nSPS) is 20.0. The zero-order valence-electron chi connectivity index (χ0n) is 24.9. The van der Waals surface area contributed by atoms with Crippen LogP contribution in [0.2, 0.25) is 0 Å². The van der Waals surface area contributed by atoms with Crippen molar-refractivity contribution in [1.82, 2.24) is 5.32 Å². The molecule has 0 aromatic heterocycles. The van der Waals surface area contributed by atoms with Gasteiger partial charge in [-0.3, -0.25) is 4.79 Å². The molecule has 0 atom stereocenters. The van der Waals surface area contributed by atoms with E-state index in [2.05, 4.69) is 77.4 Å². The predicted octanol–water partition coefficient (Wildman–Crippen LogP) is 8.17. The zero-order chi connectivity index (χ0) is 28.1. The van der Waals surface area contributed by atoms with Crippen molar-refractivity contribution in [3.8, 4) is 0 Å². The van der Waals surface area contributed by atoms with Crippen molar-refractivity contribution in [3.63, 3.8) is 0 Å². The van der Waals surface area contributed by atoms with Gasteiger partial charge in [-0.05, 0) is 100 Å². The van der Waals surface area contributed by atoms with E-state index in [0.717, 1.165) is 37.8 Å². The number of rotatable bonds is 5.